The van der Waals surface area contributed by atoms with Crippen LogP contribution in [0.4, 0.5) is 0 Å². The number of rotatable bonds is 10. The Morgan fingerprint density at radius 1 is 1.15 bits per heavy atom. The van der Waals surface area contributed by atoms with Crippen LogP contribution in [-0.4, -0.2) is 41.7 Å². The Hall–Kier alpha value is -2.18. The smallest absolute Gasteiger partial charge is 0.242 e. The lowest BCUT2D eigenvalue weighted by Gasteiger charge is -2.31. The first-order chi connectivity index (χ1) is 16.0. The van der Waals surface area contributed by atoms with Crippen molar-refractivity contribution >= 4 is 35.2 Å². The molecule has 5 nitrogen and oxygen atoms in total. The van der Waals surface area contributed by atoms with Gasteiger partial charge in [0.2, 0.25) is 11.8 Å². The third-order valence-electron chi connectivity index (χ3n) is 6.05. The van der Waals surface area contributed by atoms with E-state index >= 15 is 0 Å². The molecule has 0 bridgehead atoms. The molecule has 1 aliphatic rings. The van der Waals surface area contributed by atoms with Crippen LogP contribution in [-0.2, 0) is 21.9 Å². The Morgan fingerprint density at radius 3 is 2.64 bits per heavy atom. The highest BCUT2D eigenvalue weighted by atomic mass is 35.5. The lowest BCUT2D eigenvalue weighted by molar-refractivity contribution is -0.139. The van der Waals surface area contributed by atoms with Crippen molar-refractivity contribution in [3.8, 4) is 5.75 Å². The summed E-state index contributed by atoms with van der Waals surface area (Å²) in [6, 6.07) is 14.9. The van der Waals surface area contributed by atoms with E-state index in [2.05, 4.69) is 5.32 Å². The van der Waals surface area contributed by atoms with E-state index < -0.39 is 6.04 Å². The van der Waals surface area contributed by atoms with E-state index in [-0.39, 0.29) is 23.6 Å². The number of benzene rings is 2. The van der Waals surface area contributed by atoms with Crippen molar-refractivity contribution < 1.29 is 14.3 Å². The van der Waals surface area contributed by atoms with E-state index in [1.165, 1.54) is 18.2 Å². The van der Waals surface area contributed by atoms with Crippen LogP contribution in [0, 0.1) is 0 Å². The number of thioether (sulfide) groups is 1. The minimum Gasteiger partial charge on any atom is -0.497 e. The maximum absolute atomic E-state index is 13.3. The molecule has 33 heavy (non-hydrogen) atoms. The summed E-state index contributed by atoms with van der Waals surface area (Å²) in [6.45, 7) is 2.16. The molecule has 7 heteroatoms. The molecule has 1 fully saturated rings. The van der Waals surface area contributed by atoms with Gasteiger partial charge < -0.3 is 15.0 Å². The number of nitrogens with zero attached hydrogens (tertiary/aromatic N) is 1. The van der Waals surface area contributed by atoms with Gasteiger partial charge in [-0.15, -0.1) is 11.8 Å². The molecule has 1 N–H and O–H groups in total. The van der Waals surface area contributed by atoms with Gasteiger partial charge in [-0.1, -0.05) is 61.2 Å². The van der Waals surface area contributed by atoms with Crippen molar-refractivity contribution in [2.75, 3.05) is 12.9 Å². The number of hydrogen-bond acceptors (Lipinski definition) is 4. The summed E-state index contributed by atoms with van der Waals surface area (Å²) in [6.07, 6.45) is 5.53. The fourth-order valence-corrected chi connectivity index (χ4v) is 5.26. The number of carbonyl (C=O) groups excluding carboxylic acids is 2. The van der Waals surface area contributed by atoms with Crippen molar-refractivity contribution in [3.63, 3.8) is 0 Å². The Labute approximate surface area is 206 Å². The Kier molecular flexibility index (Phi) is 9.95. The average molecular weight is 489 g/mol. The second-order valence-electron chi connectivity index (χ2n) is 8.48. The third-order valence-corrected chi connectivity index (χ3v) is 7.38. The lowest BCUT2D eigenvalue weighted by atomic mass is 9.95. The fraction of sp³-hybridized carbons (Fsp3) is 0.462. The van der Waals surface area contributed by atoms with Gasteiger partial charge in [0.1, 0.15) is 11.8 Å². The van der Waals surface area contributed by atoms with E-state index in [0.717, 1.165) is 42.6 Å². The van der Waals surface area contributed by atoms with Crippen molar-refractivity contribution in [1.29, 1.82) is 0 Å². The van der Waals surface area contributed by atoms with Crippen molar-refractivity contribution in [2.45, 2.75) is 63.4 Å². The van der Waals surface area contributed by atoms with E-state index in [1.54, 1.807) is 12.0 Å². The molecular formula is C26H33ClN2O3S. The molecule has 0 radical (unpaired) electrons. The number of halogens is 1. The maximum atomic E-state index is 13.3. The molecule has 0 aromatic heterocycles. The molecule has 3 rings (SSSR count). The first-order valence-electron chi connectivity index (χ1n) is 11.5. The van der Waals surface area contributed by atoms with Gasteiger partial charge in [-0.2, -0.15) is 0 Å². The fourth-order valence-electron chi connectivity index (χ4n) is 4.07. The molecule has 0 heterocycles. The van der Waals surface area contributed by atoms with Gasteiger partial charge >= 0.3 is 0 Å². The topological polar surface area (TPSA) is 58.6 Å². The SMILES string of the molecule is COc1cccc(CN(C(=O)CSCc2ccccc2Cl)[C@@H](C)C(=O)NC2CCCCC2)c1. The van der Waals surface area contributed by atoms with E-state index in [9.17, 15) is 9.59 Å². The van der Waals surface area contributed by atoms with Crippen LogP contribution in [0.5, 0.6) is 5.75 Å². The highest BCUT2D eigenvalue weighted by Gasteiger charge is 2.28. The molecule has 2 amide bonds. The summed E-state index contributed by atoms with van der Waals surface area (Å²) < 4.78 is 5.33. The minimum atomic E-state index is -0.563. The number of methoxy groups -OCH3 is 1. The molecule has 2 aromatic rings. The molecule has 2 aromatic carbocycles. The van der Waals surface area contributed by atoms with Crippen LogP contribution in [0.2, 0.25) is 5.02 Å². The van der Waals surface area contributed by atoms with Crippen LogP contribution < -0.4 is 10.1 Å². The molecule has 0 saturated heterocycles. The van der Waals surface area contributed by atoms with E-state index in [4.69, 9.17) is 16.3 Å². The summed E-state index contributed by atoms with van der Waals surface area (Å²) in [5, 5.41) is 3.87. The van der Waals surface area contributed by atoms with Gasteiger partial charge in [0.15, 0.2) is 0 Å². The molecule has 0 spiro atoms. The second-order valence-corrected chi connectivity index (χ2v) is 9.87. The molecule has 178 valence electrons. The van der Waals surface area contributed by atoms with E-state index in [0.29, 0.717) is 17.3 Å². The highest BCUT2D eigenvalue weighted by molar-refractivity contribution is 7.99. The van der Waals surface area contributed by atoms with Crippen LogP contribution in [0.1, 0.15) is 50.2 Å². The summed E-state index contributed by atoms with van der Waals surface area (Å²) in [7, 11) is 1.62. The normalized spacial score (nSPS) is 15.0. The number of hydrogen-bond donors (Lipinski definition) is 1. The van der Waals surface area contributed by atoms with Crippen LogP contribution in [0.3, 0.4) is 0 Å². The van der Waals surface area contributed by atoms with Gasteiger partial charge in [-0.3, -0.25) is 9.59 Å². The van der Waals surface area contributed by atoms with Crippen molar-refractivity contribution in [1.82, 2.24) is 10.2 Å². The zero-order chi connectivity index (χ0) is 23.6. The Morgan fingerprint density at radius 2 is 1.91 bits per heavy atom. The molecule has 0 aliphatic heterocycles. The molecular weight excluding hydrogens is 456 g/mol. The van der Waals surface area contributed by atoms with Gasteiger partial charge in [0.25, 0.3) is 0 Å². The molecule has 1 saturated carbocycles. The number of amides is 2. The van der Waals surface area contributed by atoms with Gasteiger partial charge in [0, 0.05) is 23.4 Å². The largest absolute Gasteiger partial charge is 0.497 e. The first kappa shape index (κ1) is 25.4. The monoisotopic (exact) mass is 488 g/mol. The predicted molar refractivity (Wildman–Crippen MR) is 136 cm³/mol. The van der Waals surface area contributed by atoms with Crippen LogP contribution in [0.25, 0.3) is 0 Å². The average Bonchev–Trinajstić information content (AvgIpc) is 2.84. The Bertz CT molecular complexity index is 933. The summed E-state index contributed by atoms with van der Waals surface area (Å²) in [4.78, 5) is 28.0. The molecule has 0 unspecified atom stereocenters. The zero-order valence-corrected chi connectivity index (χ0v) is 21.0. The van der Waals surface area contributed by atoms with Crippen molar-refractivity contribution in [2.24, 2.45) is 0 Å². The second kappa shape index (κ2) is 12.9. The maximum Gasteiger partial charge on any atom is 0.242 e. The number of nitrogens with one attached hydrogen (secondary N) is 1. The lowest BCUT2D eigenvalue weighted by Crippen LogP contribution is -2.50. The predicted octanol–water partition coefficient (Wildman–Crippen LogP) is 5.45. The molecule has 1 atom stereocenters. The quantitative estimate of drug-likeness (QED) is 0.483. The third kappa shape index (κ3) is 7.68. The van der Waals surface area contributed by atoms with Gasteiger partial charge in [-0.05, 0) is 49.1 Å². The van der Waals surface area contributed by atoms with Crippen LogP contribution >= 0.6 is 23.4 Å². The van der Waals surface area contributed by atoms with Gasteiger partial charge in [-0.25, -0.2) is 0 Å². The van der Waals surface area contributed by atoms with Crippen molar-refractivity contribution in [3.05, 3.63) is 64.7 Å². The first-order valence-corrected chi connectivity index (χ1v) is 13.0. The van der Waals surface area contributed by atoms with E-state index in [1.807, 2.05) is 55.5 Å². The highest BCUT2D eigenvalue weighted by Crippen LogP contribution is 2.23. The summed E-state index contributed by atoms with van der Waals surface area (Å²) >= 11 is 7.76. The molecule has 1 aliphatic carbocycles. The van der Waals surface area contributed by atoms with Gasteiger partial charge in [0.05, 0.1) is 12.9 Å². The number of ether oxygens (including phenoxy) is 1. The standard InChI is InChI=1S/C26H33ClN2O3S/c1-19(26(31)28-22-11-4-3-5-12-22)29(16-20-9-8-13-23(15-20)32-2)25(30)18-33-17-21-10-6-7-14-24(21)27/h6-10,13-15,19,22H,3-5,11-12,16-18H2,1-2H3,(H,28,31)/t19-/m0/s1. The van der Waals surface area contributed by atoms with Crippen LogP contribution in [0.15, 0.2) is 48.5 Å². The zero-order valence-electron chi connectivity index (χ0n) is 19.4. The Balaban J connectivity index is 1.68. The number of carbonyl (C=O) groups is 2. The summed E-state index contributed by atoms with van der Waals surface area (Å²) in [5.41, 5.74) is 1.93. The summed E-state index contributed by atoms with van der Waals surface area (Å²) in [5.74, 6) is 1.49. The minimum absolute atomic E-state index is 0.0684.